The van der Waals surface area contributed by atoms with Gasteiger partial charge in [-0.25, -0.2) is 13.1 Å². The van der Waals surface area contributed by atoms with Crippen LogP contribution in [0, 0.1) is 23.2 Å². The number of nitrogens with zero attached hydrogens (tertiary/aromatic N) is 1. The number of rotatable bonds is 7. The quantitative estimate of drug-likeness (QED) is 0.632. The summed E-state index contributed by atoms with van der Waals surface area (Å²) in [6.07, 6.45) is 10.9. The van der Waals surface area contributed by atoms with Crippen molar-refractivity contribution in [2.45, 2.75) is 50.0 Å². The van der Waals surface area contributed by atoms with Gasteiger partial charge in [-0.15, -0.1) is 0 Å². The van der Waals surface area contributed by atoms with Gasteiger partial charge in [0.1, 0.15) is 4.90 Å². The van der Waals surface area contributed by atoms with Gasteiger partial charge < -0.3 is 5.32 Å². The van der Waals surface area contributed by atoms with Gasteiger partial charge in [-0.3, -0.25) is 9.78 Å². The van der Waals surface area contributed by atoms with Crippen LogP contribution in [0.15, 0.2) is 47.6 Å². The number of carbonyl (C=O) groups excluding carboxylic acids is 1. The fourth-order valence-electron chi connectivity index (χ4n) is 6.49. The van der Waals surface area contributed by atoms with Gasteiger partial charge in [-0.2, -0.15) is 0 Å². The molecule has 0 atom stereocenters. The summed E-state index contributed by atoms with van der Waals surface area (Å²) in [6, 6.07) is 7.94. The van der Waals surface area contributed by atoms with Gasteiger partial charge in [0.15, 0.2) is 0 Å². The van der Waals surface area contributed by atoms with Crippen molar-refractivity contribution >= 4 is 27.5 Å². The van der Waals surface area contributed by atoms with Crippen LogP contribution >= 0.6 is 11.6 Å². The Morgan fingerprint density at radius 1 is 1.09 bits per heavy atom. The molecule has 170 valence electrons. The zero-order chi connectivity index (χ0) is 22.3. The number of benzene rings is 1. The minimum Gasteiger partial charge on any atom is -0.351 e. The Hall–Kier alpha value is -1.96. The molecule has 4 aliphatic carbocycles. The minimum atomic E-state index is -3.89. The molecular formula is C24H28ClN3O3S. The van der Waals surface area contributed by atoms with Crippen molar-refractivity contribution in [2.75, 3.05) is 6.54 Å². The van der Waals surface area contributed by atoms with Crippen LogP contribution in [0.1, 0.15) is 54.4 Å². The summed E-state index contributed by atoms with van der Waals surface area (Å²) in [5.41, 5.74) is 1.26. The summed E-state index contributed by atoms with van der Waals surface area (Å²) in [5.74, 6) is 2.20. The highest BCUT2D eigenvalue weighted by Crippen LogP contribution is 2.59. The van der Waals surface area contributed by atoms with Crippen molar-refractivity contribution in [1.82, 2.24) is 15.0 Å². The molecule has 6 rings (SSSR count). The molecule has 4 fully saturated rings. The van der Waals surface area contributed by atoms with E-state index in [2.05, 4.69) is 15.0 Å². The Bertz CT molecular complexity index is 1090. The van der Waals surface area contributed by atoms with Crippen molar-refractivity contribution in [2.24, 2.45) is 23.2 Å². The van der Waals surface area contributed by atoms with E-state index in [1.54, 1.807) is 30.6 Å². The van der Waals surface area contributed by atoms with Crippen LogP contribution in [0.25, 0.3) is 0 Å². The van der Waals surface area contributed by atoms with Gasteiger partial charge in [0.05, 0.1) is 5.02 Å². The van der Waals surface area contributed by atoms with Crippen molar-refractivity contribution in [1.29, 1.82) is 0 Å². The second kappa shape index (κ2) is 8.43. The van der Waals surface area contributed by atoms with E-state index >= 15 is 0 Å². The normalized spacial score (nSPS) is 28.6. The fourth-order valence-corrected chi connectivity index (χ4v) is 8.03. The molecule has 2 aromatic rings. The number of aromatic nitrogens is 1. The SMILES string of the molecule is O=C(NCC12CC3CC(CC(C3)C1)C2)c1ccc(Cl)c(S(=O)(=O)NCc2cccnc2)c1. The van der Waals surface area contributed by atoms with Gasteiger partial charge in [-0.05, 0) is 91.5 Å². The van der Waals surface area contributed by atoms with Crippen LogP contribution < -0.4 is 10.0 Å². The number of halogens is 1. The maximum absolute atomic E-state index is 12.9. The zero-order valence-electron chi connectivity index (χ0n) is 17.9. The van der Waals surface area contributed by atoms with Crippen LogP contribution in [-0.4, -0.2) is 25.9 Å². The van der Waals surface area contributed by atoms with E-state index in [1.165, 1.54) is 50.7 Å². The van der Waals surface area contributed by atoms with E-state index in [-0.39, 0.29) is 27.8 Å². The van der Waals surface area contributed by atoms with Crippen molar-refractivity contribution in [3.05, 3.63) is 58.9 Å². The third kappa shape index (κ3) is 4.43. The van der Waals surface area contributed by atoms with Gasteiger partial charge in [0.25, 0.3) is 5.91 Å². The number of pyridine rings is 1. The monoisotopic (exact) mass is 473 g/mol. The molecule has 0 spiro atoms. The topological polar surface area (TPSA) is 88.2 Å². The third-order valence-corrected chi connectivity index (χ3v) is 9.34. The van der Waals surface area contributed by atoms with E-state index in [9.17, 15) is 13.2 Å². The first-order valence-electron chi connectivity index (χ1n) is 11.3. The van der Waals surface area contributed by atoms with Crippen molar-refractivity contribution in [3.63, 3.8) is 0 Å². The van der Waals surface area contributed by atoms with Crippen LogP contribution in [0.2, 0.25) is 5.02 Å². The maximum Gasteiger partial charge on any atom is 0.251 e. The lowest BCUT2D eigenvalue weighted by molar-refractivity contribution is -0.0503. The van der Waals surface area contributed by atoms with Crippen LogP contribution in [0.3, 0.4) is 0 Å². The van der Waals surface area contributed by atoms with E-state index in [0.29, 0.717) is 12.1 Å². The Balaban J connectivity index is 1.27. The standard InChI is InChI=1S/C24H28ClN3O3S/c25-21-4-3-20(9-22(21)32(30,31)28-14-16-2-1-5-26-13-16)23(29)27-15-24-10-17-6-18(11-24)8-19(7-17)12-24/h1-5,9,13,17-19,28H,6-8,10-12,14-15H2,(H,27,29). The molecule has 1 aromatic carbocycles. The van der Waals surface area contributed by atoms with Gasteiger partial charge in [0.2, 0.25) is 10.0 Å². The lowest BCUT2D eigenvalue weighted by atomic mass is 9.49. The Labute approximate surface area is 194 Å². The first-order chi connectivity index (χ1) is 15.3. The molecule has 0 aliphatic heterocycles. The van der Waals surface area contributed by atoms with E-state index in [0.717, 1.165) is 23.3 Å². The van der Waals surface area contributed by atoms with Crippen molar-refractivity contribution in [3.8, 4) is 0 Å². The molecule has 4 aliphatic rings. The molecular weight excluding hydrogens is 446 g/mol. The molecule has 4 saturated carbocycles. The number of carbonyl (C=O) groups is 1. The minimum absolute atomic E-state index is 0.0846. The highest BCUT2D eigenvalue weighted by Gasteiger charge is 2.50. The fraction of sp³-hybridized carbons (Fsp3) is 0.500. The largest absolute Gasteiger partial charge is 0.351 e. The van der Waals surface area contributed by atoms with E-state index in [4.69, 9.17) is 11.6 Å². The Morgan fingerprint density at radius 3 is 2.41 bits per heavy atom. The number of hydrogen-bond acceptors (Lipinski definition) is 4. The lowest BCUT2D eigenvalue weighted by Gasteiger charge is -2.56. The van der Waals surface area contributed by atoms with Gasteiger partial charge in [-0.1, -0.05) is 17.7 Å². The summed E-state index contributed by atoms with van der Waals surface area (Å²) in [7, 11) is -3.89. The van der Waals surface area contributed by atoms with Crippen LogP contribution in [0.4, 0.5) is 0 Å². The summed E-state index contributed by atoms with van der Waals surface area (Å²) in [6.45, 7) is 0.758. The highest BCUT2D eigenvalue weighted by molar-refractivity contribution is 7.89. The highest BCUT2D eigenvalue weighted by atomic mass is 35.5. The molecule has 2 N–H and O–H groups in total. The molecule has 4 bridgehead atoms. The predicted octanol–water partition coefficient (Wildman–Crippen LogP) is 4.16. The average Bonchev–Trinajstić information content (AvgIpc) is 2.76. The summed E-state index contributed by atoms with van der Waals surface area (Å²) >= 11 is 6.19. The van der Waals surface area contributed by atoms with Gasteiger partial charge >= 0.3 is 0 Å². The lowest BCUT2D eigenvalue weighted by Crippen LogP contribution is -2.51. The third-order valence-electron chi connectivity index (χ3n) is 7.46. The molecule has 6 nitrogen and oxygen atoms in total. The molecule has 32 heavy (non-hydrogen) atoms. The zero-order valence-corrected chi connectivity index (χ0v) is 19.5. The molecule has 8 heteroatoms. The second-order valence-electron chi connectivity index (χ2n) is 9.93. The smallest absolute Gasteiger partial charge is 0.251 e. The maximum atomic E-state index is 12.9. The molecule has 1 heterocycles. The molecule has 0 unspecified atom stereocenters. The summed E-state index contributed by atoms with van der Waals surface area (Å²) in [4.78, 5) is 16.8. The summed E-state index contributed by atoms with van der Waals surface area (Å²) in [5, 5.41) is 3.19. The molecule has 1 amide bonds. The average molecular weight is 474 g/mol. The molecule has 0 radical (unpaired) electrons. The van der Waals surface area contributed by atoms with E-state index < -0.39 is 10.0 Å². The first-order valence-corrected chi connectivity index (χ1v) is 13.1. The van der Waals surface area contributed by atoms with Crippen LogP contribution in [-0.2, 0) is 16.6 Å². The number of sulfonamides is 1. The Morgan fingerprint density at radius 2 is 1.78 bits per heavy atom. The van der Waals surface area contributed by atoms with Crippen LogP contribution in [0.5, 0.6) is 0 Å². The summed E-state index contributed by atoms with van der Waals surface area (Å²) < 4.78 is 28.2. The predicted molar refractivity (Wildman–Crippen MR) is 123 cm³/mol. The first kappa shape index (κ1) is 21.9. The second-order valence-corrected chi connectivity index (χ2v) is 12.1. The van der Waals surface area contributed by atoms with Crippen molar-refractivity contribution < 1.29 is 13.2 Å². The Kier molecular flexibility index (Phi) is 5.76. The number of hydrogen-bond donors (Lipinski definition) is 2. The molecule has 0 saturated heterocycles. The van der Waals surface area contributed by atoms with Gasteiger partial charge in [0, 0.05) is 31.0 Å². The molecule has 1 aromatic heterocycles. The number of nitrogens with one attached hydrogen (secondary N) is 2. The van der Waals surface area contributed by atoms with E-state index in [1.807, 2.05) is 0 Å². The number of amides is 1.